The fraction of sp³-hybridized carbons (Fsp3) is 0.174. The third-order valence-corrected chi connectivity index (χ3v) is 5.97. The van der Waals surface area contributed by atoms with Gasteiger partial charge in [-0.05, 0) is 42.3 Å². The maximum atomic E-state index is 12.3. The molecule has 7 heteroatoms. The molecule has 1 amide bonds. The molecular weight excluding hydrogens is 400 g/mol. The van der Waals surface area contributed by atoms with Gasteiger partial charge in [-0.2, -0.15) is 4.72 Å². The van der Waals surface area contributed by atoms with Crippen molar-refractivity contribution in [3.8, 4) is 5.75 Å². The van der Waals surface area contributed by atoms with Gasteiger partial charge in [0.05, 0.1) is 10.9 Å². The van der Waals surface area contributed by atoms with Crippen LogP contribution in [0.15, 0.2) is 89.8 Å². The van der Waals surface area contributed by atoms with Gasteiger partial charge in [0.2, 0.25) is 15.9 Å². The lowest BCUT2D eigenvalue weighted by molar-refractivity contribution is -0.122. The van der Waals surface area contributed by atoms with Crippen molar-refractivity contribution in [1.82, 2.24) is 10.0 Å². The Labute approximate surface area is 177 Å². The zero-order chi connectivity index (χ0) is 21.4. The normalized spacial score (nSPS) is 12.2. The third kappa shape index (κ3) is 6.17. The SMILES string of the molecule is C[C@H](NS(=O)(=O)c1ccccc1)C(=O)NCc1ccc(COc2ccccc2)cc1. The molecule has 6 nitrogen and oxygen atoms in total. The number of benzene rings is 3. The summed E-state index contributed by atoms with van der Waals surface area (Å²) >= 11 is 0. The van der Waals surface area contributed by atoms with E-state index >= 15 is 0 Å². The van der Waals surface area contributed by atoms with Crippen molar-refractivity contribution in [2.45, 2.75) is 31.0 Å². The molecule has 2 N–H and O–H groups in total. The molecule has 0 aliphatic carbocycles. The van der Waals surface area contributed by atoms with Gasteiger partial charge in [0.15, 0.2) is 0 Å². The zero-order valence-electron chi connectivity index (χ0n) is 16.6. The summed E-state index contributed by atoms with van der Waals surface area (Å²) < 4.78 is 32.7. The first-order valence-corrected chi connectivity index (χ1v) is 11.0. The highest BCUT2D eigenvalue weighted by Crippen LogP contribution is 2.12. The van der Waals surface area contributed by atoms with Gasteiger partial charge in [-0.15, -0.1) is 0 Å². The molecule has 3 aromatic rings. The standard InChI is InChI=1S/C23H24N2O4S/c1-18(25-30(27,28)22-10-6-3-7-11-22)23(26)24-16-19-12-14-20(15-13-19)17-29-21-8-4-2-5-9-21/h2-15,18,25H,16-17H2,1H3,(H,24,26)/t18-/m0/s1. The van der Waals surface area contributed by atoms with Crippen LogP contribution in [-0.4, -0.2) is 20.4 Å². The molecule has 0 aromatic heterocycles. The number of nitrogens with one attached hydrogen (secondary N) is 2. The first-order valence-electron chi connectivity index (χ1n) is 9.55. The number of sulfonamides is 1. The number of ether oxygens (including phenoxy) is 1. The Hall–Kier alpha value is -3.16. The summed E-state index contributed by atoms with van der Waals surface area (Å²) in [5.74, 6) is 0.409. The first kappa shape index (κ1) is 21.5. The van der Waals surface area contributed by atoms with Crippen molar-refractivity contribution < 1.29 is 17.9 Å². The number of hydrogen-bond donors (Lipinski definition) is 2. The number of hydrogen-bond acceptors (Lipinski definition) is 4. The lowest BCUT2D eigenvalue weighted by atomic mass is 10.1. The molecule has 0 aliphatic heterocycles. The van der Waals surface area contributed by atoms with Crippen molar-refractivity contribution in [1.29, 1.82) is 0 Å². The van der Waals surface area contributed by atoms with Gasteiger partial charge in [0, 0.05) is 6.54 Å². The monoisotopic (exact) mass is 424 g/mol. The third-order valence-electron chi connectivity index (χ3n) is 4.42. The quantitative estimate of drug-likeness (QED) is 0.552. The fourth-order valence-electron chi connectivity index (χ4n) is 2.73. The number of carbonyl (C=O) groups is 1. The summed E-state index contributed by atoms with van der Waals surface area (Å²) in [5, 5.41) is 2.75. The van der Waals surface area contributed by atoms with Gasteiger partial charge in [-0.3, -0.25) is 4.79 Å². The molecule has 3 aromatic carbocycles. The van der Waals surface area contributed by atoms with Crippen LogP contribution in [-0.2, 0) is 28.0 Å². The molecule has 0 heterocycles. The molecule has 0 radical (unpaired) electrons. The van der Waals surface area contributed by atoms with E-state index in [0.29, 0.717) is 13.2 Å². The van der Waals surface area contributed by atoms with Crippen molar-refractivity contribution in [3.05, 3.63) is 96.1 Å². The molecule has 30 heavy (non-hydrogen) atoms. The van der Waals surface area contributed by atoms with Gasteiger partial charge in [0.1, 0.15) is 12.4 Å². The summed E-state index contributed by atoms with van der Waals surface area (Å²) in [4.78, 5) is 12.4. The summed E-state index contributed by atoms with van der Waals surface area (Å²) in [5.41, 5.74) is 1.92. The molecule has 1 atom stereocenters. The maximum absolute atomic E-state index is 12.3. The highest BCUT2D eigenvalue weighted by Gasteiger charge is 2.21. The van der Waals surface area contributed by atoms with Crippen LogP contribution in [0.2, 0.25) is 0 Å². The Morgan fingerprint density at radius 2 is 1.43 bits per heavy atom. The van der Waals surface area contributed by atoms with E-state index in [0.717, 1.165) is 16.9 Å². The Morgan fingerprint density at radius 1 is 0.867 bits per heavy atom. The molecule has 3 rings (SSSR count). The van der Waals surface area contributed by atoms with Crippen LogP contribution >= 0.6 is 0 Å². The second kappa shape index (κ2) is 10.0. The lowest BCUT2D eigenvalue weighted by Crippen LogP contribution is -2.44. The van der Waals surface area contributed by atoms with E-state index in [4.69, 9.17) is 4.74 Å². The van der Waals surface area contributed by atoms with E-state index in [1.165, 1.54) is 19.1 Å². The molecule has 0 spiro atoms. The highest BCUT2D eigenvalue weighted by atomic mass is 32.2. The van der Waals surface area contributed by atoms with E-state index in [9.17, 15) is 13.2 Å². The number of rotatable bonds is 9. The smallest absolute Gasteiger partial charge is 0.241 e. The summed E-state index contributed by atoms with van der Waals surface area (Å²) in [6.07, 6.45) is 0. The van der Waals surface area contributed by atoms with Crippen LogP contribution in [0.4, 0.5) is 0 Å². The molecule has 0 aliphatic rings. The van der Waals surface area contributed by atoms with Gasteiger partial charge >= 0.3 is 0 Å². The van der Waals surface area contributed by atoms with Gasteiger partial charge in [0.25, 0.3) is 0 Å². The lowest BCUT2D eigenvalue weighted by Gasteiger charge is -2.14. The minimum Gasteiger partial charge on any atom is -0.489 e. The van der Waals surface area contributed by atoms with Crippen LogP contribution in [0.3, 0.4) is 0 Å². The Kier molecular flexibility index (Phi) is 7.21. The average Bonchev–Trinajstić information content (AvgIpc) is 2.77. The molecule has 0 saturated heterocycles. The largest absolute Gasteiger partial charge is 0.489 e. The first-order chi connectivity index (χ1) is 14.4. The Morgan fingerprint density at radius 3 is 2.07 bits per heavy atom. The maximum Gasteiger partial charge on any atom is 0.241 e. The molecule has 0 unspecified atom stereocenters. The van der Waals surface area contributed by atoms with Crippen LogP contribution < -0.4 is 14.8 Å². The van der Waals surface area contributed by atoms with Gasteiger partial charge < -0.3 is 10.1 Å². The minimum absolute atomic E-state index is 0.123. The van der Waals surface area contributed by atoms with Gasteiger partial charge in [-0.1, -0.05) is 60.7 Å². The number of amides is 1. The number of para-hydroxylation sites is 1. The van der Waals surface area contributed by atoms with Crippen LogP contribution in [0.5, 0.6) is 5.75 Å². The highest BCUT2D eigenvalue weighted by molar-refractivity contribution is 7.89. The summed E-state index contributed by atoms with van der Waals surface area (Å²) in [7, 11) is -3.75. The predicted octanol–water partition coefficient (Wildman–Crippen LogP) is 3.25. The van der Waals surface area contributed by atoms with E-state index in [1.54, 1.807) is 18.2 Å². The average molecular weight is 425 g/mol. The minimum atomic E-state index is -3.75. The molecule has 0 bridgehead atoms. The zero-order valence-corrected chi connectivity index (χ0v) is 17.4. The van der Waals surface area contributed by atoms with E-state index in [-0.39, 0.29) is 4.90 Å². The van der Waals surface area contributed by atoms with E-state index < -0.39 is 22.0 Å². The second-order valence-corrected chi connectivity index (χ2v) is 8.51. The van der Waals surface area contributed by atoms with Crippen molar-refractivity contribution in [2.75, 3.05) is 0 Å². The van der Waals surface area contributed by atoms with Crippen molar-refractivity contribution in [2.24, 2.45) is 0 Å². The van der Waals surface area contributed by atoms with Crippen molar-refractivity contribution in [3.63, 3.8) is 0 Å². The molecular formula is C23H24N2O4S. The number of carbonyl (C=O) groups excluding carboxylic acids is 1. The summed E-state index contributed by atoms with van der Waals surface area (Å²) in [6, 6.07) is 24.3. The van der Waals surface area contributed by atoms with Crippen LogP contribution in [0.25, 0.3) is 0 Å². The van der Waals surface area contributed by atoms with Crippen molar-refractivity contribution >= 4 is 15.9 Å². The van der Waals surface area contributed by atoms with Crippen LogP contribution in [0, 0.1) is 0 Å². The van der Waals surface area contributed by atoms with Crippen LogP contribution in [0.1, 0.15) is 18.1 Å². The summed E-state index contributed by atoms with van der Waals surface area (Å²) in [6.45, 7) is 2.27. The second-order valence-electron chi connectivity index (χ2n) is 6.79. The molecule has 0 saturated carbocycles. The Balaban J connectivity index is 1.48. The molecule has 0 fully saturated rings. The fourth-order valence-corrected chi connectivity index (χ4v) is 3.96. The topological polar surface area (TPSA) is 84.5 Å². The molecule has 156 valence electrons. The van der Waals surface area contributed by atoms with Gasteiger partial charge in [-0.25, -0.2) is 8.42 Å². The van der Waals surface area contributed by atoms with E-state index in [2.05, 4.69) is 10.0 Å². The van der Waals surface area contributed by atoms with E-state index in [1.807, 2.05) is 54.6 Å². The Bertz CT molecular complexity index is 1050. The predicted molar refractivity (Wildman–Crippen MR) is 115 cm³/mol.